The second-order valence-electron chi connectivity index (χ2n) is 4.66. The average Bonchev–Trinajstić information content (AvgIpc) is 2.84. The fraction of sp³-hybridized carbons (Fsp3) is 0.214. The molecule has 0 amide bonds. The zero-order valence-corrected chi connectivity index (χ0v) is 11.5. The molecule has 0 aliphatic carbocycles. The first-order valence-electron chi connectivity index (χ1n) is 6.08. The fourth-order valence-electron chi connectivity index (χ4n) is 2.35. The summed E-state index contributed by atoms with van der Waals surface area (Å²) in [5, 5.41) is 2.41. The van der Waals surface area contributed by atoms with Crippen molar-refractivity contribution in [1.29, 1.82) is 0 Å². The average molecular weight is 274 g/mol. The van der Waals surface area contributed by atoms with Gasteiger partial charge < -0.3 is 0 Å². The molecule has 5 heteroatoms. The number of amidine groups is 1. The van der Waals surface area contributed by atoms with E-state index in [0.29, 0.717) is 5.84 Å². The number of hydrogen-bond donors (Lipinski definition) is 1. The lowest BCUT2D eigenvalue weighted by Crippen LogP contribution is -2.23. The summed E-state index contributed by atoms with van der Waals surface area (Å²) in [4.78, 5) is 0. The molecular formula is C14H14N2O2S. The molecule has 0 saturated heterocycles. The molecule has 98 valence electrons. The second-order valence-corrected chi connectivity index (χ2v) is 5.44. The first-order chi connectivity index (χ1) is 9.15. The molecule has 0 aromatic heterocycles. The number of nitrogens with zero attached hydrogens (tertiary/aromatic N) is 1. The van der Waals surface area contributed by atoms with Crippen LogP contribution in [0.3, 0.4) is 0 Å². The summed E-state index contributed by atoms with van der Waals surface area (Å²) in [6, 6.07) is 12.6. The first-order valence-corrected chi connectivity index (χ1v) is 7.11. The maximum atomic E-state index is 11.1. The summed E-state index contributed by atoms with van der Waals surface area (Å²) in [5.41, 5.74) is 4.98. The molecule has 1 aliphatic heterocycles. The SMILES string of the molecule is Cc1cc2ccccc2cc1C(C)C1=NS(=O)ON1. The van der Waals surface area contributed by atoms with Crippen LogP contribution in [0.15, 0.2) is 40.8 Å². The van der Waals surface area contributed by atoms with Crippen LogP contribution in [-0.2, 0) is 15.6 Å². The summed E-state index contributed by atoms with van der Waals surface area (Å²) in [6.07, 6.45) is 0. The van der Waals surface area contributed by atoms with E-state index in [9.17, 15) is 4.21 Å². The van der Waals surface area contributed by atoms with Crippen LogP contribution in [0.2, 0.25) is 0 Å². The van der Waals surface area contributed by atoms with Crippen LogP contribution in [0, 0.1) is 6.92 Å². The van der Waals surface area contributed by atoms with E-state index >= 15 is 0 Å². The van der Waals surface area contributed by atoms with Crippen molar-refractivity contribution in [2.45, 2.75) is 19.8 Å². The largest absolute Gasteiger partial charge is 0.309 e. The van der Waals surface area contributed by atoms with Crippen LogP contribution in [-0.4, -0.2) is 10.0 Å². The van der Waals surface area contributed by atoms with E-state index in [1.807, 2.05) is 19.1 Å². The fourth-order valence-corrected chi connectivity index (χ4v) is 2.90. The van der Waals surface area contributed by atoms with Crippen molar-refractivity contribution in [3.63, 3.8) is 0 Å². The van der Waals surface area contributed by atoms with Gasteiger partial charge in [-0.2, -0.15) is 4.28 Å². The molecule has 1 heterocycles. The van der Waals surface area contributed by atoms with Crippen molar-refractivity contribution in [3.8, 4) is 0 Å². The van der Waals surface area contributed by atoms with Gasteiger partial charge in [0.25, 0.3) is 0 Å². The Morgan fingerprint density at radius 1 is 1.26 bits per heavy atom. The van der Waals surface area contributed by atoms with Crippen molar-refractivity contribution >= 4 is 27.9 Å². The number of aryl methyl sites for hydroxylation is 1. The predicted octanol–water partition coefficient (Wildman–Crippen LogP) is 2.76. The molecule has 0 fully saturated rings. The zero-order chi connectivity index (χ0) is 13.4. The van der Waals surface area contributed by atoms with Crippen molar-refractivity contribution in [1.82, 2.24) is 5.48 Å². The lowest BCUT2D eigenvalue weighted by Gasteiger charge is -2.15. The van der Waals surface area contributed by atoms with Gasteiger partial charge in [-0.3, -0.25) is 0 Å². The van der Waals surface area contributed by atoms with Crippen LogP contribution in [0.25, 0.3) is 10.8 Å². The summed E-state index contributed by atoms with van der Waals surface area (Å²) < 4.78 is 19.8. The maximum absolute atomic E-state index is 11.1. The summed E-state index contributed by atoms with van der Waals surface area (Å²) in [6.45, 7) is 4.10. The minimum atomic E-state index is -1.60. The zero-order valence-electron chi connectivity index (χ0n) is 10.7. The lowest BCUT2D eigenvalue weighted by atomic mass is 9.92. The molecule has 2 aromatic carbocycles. The molecular weight excluding hydrogens is 260 g/mol. The molecule has 2 aromatic rings. The first kappa shape index (κ1) is 12.3. The smallest absolute Gasteiger partial charge is 0.234 e. The predicted molar refractivity (Wildman–Crippen MR) is 76.9 cm³/mol. The Labute approximate surface area is 114 Å². The Balaban J connectivity index is 2.07. The van der Waals surface area contributed by atoms with Crippen LogP contribution >= 0.6 is 0 Å². The van der Waals surface area contributed by atoms with Crippen molar-refractivity contribution in [2.75, 3.05) is 0 Å². The minimum Gasteiger partial charge on any atom is -0.234 e. The number of fused-ring (bicyclic) bond motifs is 1. The number of hydroxylamine groups is 1. The number of benzene rings is 2. The minimum absolute atomic E-state index is 0.0241. The van der Waals surface area contributed by atoms with E-state index < -0.39 is 11.3 Å². The Kier molecular flexibility index (Phi) is 3.08. The topological polar surface area (TPSA) is 50.7 Å². The molecule has 1 N–H and O–H groups in total. The highest BCUT2D eigenvalue weighted by Gasteiger charge is 2.22. The van der Waals surface area contributed by atoms with Gasteiger partial charge in [-0.05, 0) is 28.8 Å². The van der Waals surface area contributed by atoms with Gasteiger partial charge in [-0.1, -0.05) is 43.3 Å². The van der Waals surface area contributed by atoms with Crippen LogP contribution in [0.5, 0.6) is 0 Å². The highest BCUT2D eigenvalue weighted by atomic mass is 32.2. The summed E-state index contributed by atoms with van der Waals surface area (Å²) in [7, 11) is 0. The lowest BCUT2D eigenvalue weighted by molar-refractivity contribution is 0.301. The Morgan fingerprint density at radius 2 is 1.95 bits per heavy atom. The normalized spacial score (nSPS) is 20.1. The van der Waals surface area contributed by atoms with Gasteiger partial charge in [-0.25, -0.2) is 9.69 Å². The summed E-state index contributed by atoms with van der Waals surface area (Å²) >= 11 is -1.60. The Hall–Kier alpha value is -1.72. The molecule has 0 radical (unpaired) electrons. The van der Waals surface area contributed by atoms with E-state index in [2.05, 4.69) is 41.1 Å². The highest BCUT2D eigenvalue weighted by Crippen LogP contribution is 2.27. The molecule has 2 atom stereocenters. The molecule has 0 bridgehead atoms. The van der Waals surface area contributed by atoms with Crippen LogP contribution in [0.1, 0.15) is 24.0 Å². The van der Waals surface area contributed by atoms with Gasteiger partial charge in [0.1, 0.15) is 5.84 Å². The van der Waals surface area contributed by atoms with Gasteiger partial charge in [0.2, 0.25) is 0 Å². The van der Waals surface area contributed by atoms with Gasteiger partial charge in [-0.15, -0.1) is 4.40 Å². The molecule has 0 spiro atoms. The highest BCUT2D eigenvalue weighted by molar-refractivity contribution is 7.79. The van der Waals surface area contributed by atoms with E-state index in [4.69, 9.17) is 4.28 Å². The Morgan fingerprint density at radius 3 is 2.58 bits per heavy atom. The molecule has 2 unspecified atom stereocenters. The second kappa shape index (κ2) is 4.75. The molecule has 1 aliphatic rings. The number of nitrogens with one attached hydrogen (secondary N) is 1. The monoisotopic (exact) mass is 274 g/mol. The maximum Gasteiger partial charge on any atom is 0.309 e. The molecule has 0 saturated carbocycles. The van der Waals surface area contributed by atoms with E-state index in [1.54, 1.807) is 0 Å². The molecule has 3 rings (SSSR count). The molecule has 19 heavy (non-hydrogen) atoms. The van der Waals surface area contributed by atoms with Gasteiger partial charge >= 0.3 is 11.3 Å². The van der Waals surface area contributed by atoms with Gasteiger partial charge in [0, 0.05) is 5.92 Å². The molecule has 4 nitrogen and oxygen atoms in total. The van der Waals surface area contributed by atoms with Gasteiger partial charge in [0.05, 0.1) is 0 Å². The van der Waals surface area contributed by atoms with E-state index in [-0.39, 0.29) is 5.92 Å². The van der Waals surface area contributed by atoms with Crippen LogP contribution in [0.4, 0.5) is 0 Å². The van der Waals surface area contributed by atoms with E-state index in [0.717, 1.165) is 5.56 Å². The van der Waals surface area contributed by atoms with E-state index in [1.165, 1.54) is 16.3 Å². The Bertz CT molecular complexity index is 697. The van der Waals surface area contributed by atoms with Crippen molar-refractivity contribution in [2.24, 2.45) is 4.40 Å². The van der Waals surface area contributed by atoms with Crippen molar-refractivity contribution in [3.05, 3.63) is 47.5 Å². The van der Waals surface area contributed by atoms with Gasteiger partial charge in [0.15, 0.2) is 0 Å². The number of hydrogen-bond acceptors (Lipinski definition) is 3. The third-order valence-electron chi connectivity index (χ3n) is 3.40. The van der Waals surface area contributed by atoms with Crippen molar-refractivity contribution < 1.29 is 8.49 Å². The third kappa shape index (κ3) is 2.27. The quantitative estimate of drug-likeness (QED) is 0.916. The summed E-state index contributed by atoms with van der Waals surface area (Å²) in [5.74, 6) is 0.632. The number of rotatable bonds is 2. The third-order valence-corrected chi connectivity index (χ3v) is 3.97. The van der Waals surface area contributed by atoms with Crippen LogP contribution < -0.4 is 5.48 Å². The standard InChI is InChI=1S/C14H14N2O2S/c1-9-7-11-5-3-4-6-12(11)8-13(9)10(2)14-15-18-19(17)16-14/h3-8,10H,1-2H3,(H,15,16).